The van der Waals surface area contributed by atoms with Gasteiger partial charge in [-0.05, 0) is 31.9 Å². The molecule has 3 aromatic heterocycles. The minimum Gasteiger partial charge on any atom is -0.355 e. The van der Waals surface area contributed by atoms with Gasteiger partial charge in [-0.15, -0.1) is 5.10 Å². The van der Waals surface area contributed by atoms with Gasteiger partial charge < -0.3 is 9.47 Å². The van der Waals surface area contributed by atoms with Crippen LogP contribution in [0, 0.1) is 6.92 Å². The molecular weight excluding hydrogens is 433 g/mol. The van der Waals surface area contributed by atoms with Crippen molar-refractivity contribution in [2.45, 2.75) is 37.8 Å². The van der Waals surface area contributed by atoms with Crippen LogP contribution in [0.3, 0.4) is 0 Å². The van der Waals surface area contributed by atoms with Gasteiger partial charge in [0.15, 0.2) is 5.82 Å². The number of imidazole rings is 1. The lowest BCUT2D eigenvalue weighted by atomic mass is 9.99. The summed E-state index contributed by atoms with van der Waals surface area (Å²) in [4.78, 5) is 18.6. The number of rotatable bonds is 4. The fourth-order valence-corrected chi connectivity index (χ4v) is 4.38. The SMILES string of the molecule is Cc1nc(C2CC2)n(-c2cc(N3CC(c4nc5ccccc5n4C)C3)nc(C(F)(F)F)n2)n1. The first kappa shape index (κ1) is 20.1. The normalized spacial score (nSPS) is 17.1. The fourth-order valence-electron chi connectivity index (χ4n) is 4.38. The van der Waals surface area contributed by atoms with Crippen LogP contribution in [0.4, 0.5) is 19.0 Å². The highest BCUT2D eigenvalue weighted by Crippen LogP contribution is 2.40. The molecule has 2 fully saturated rings. The molecule has 0 unspecified atom stereocenters. The number of nitrogens with zero attached hydrogens (tertiary/aromatic N) is 8. The van der Waals surface area contributed by atoms with Gasteiger partial charge in [0.05, 0.1) is 17.0 Å². The lowest BCUT2D eigenvalue weighted by Gasteiger charge is -2.39. The van der Waals surface area contributed by atoms with Gasteiger partial charge in [-0.1, -0.05) is 12.1 Å². The second-order valence-electron chi connectivity index (χ2n) is 8.73. The van der Waals surface area contributed by atoms with Crippen molar-refractivity contribution in [2.24, 2.45) is 7.05 Å². The van der Waals surface area contributed by atoms with Crippen molar-refractivity contribution in [1.82, 2.24) is 34.3 Å². The number of alkyl halides is 3. The number of aromatic nitrogens is 7. The Morgan fingerprint density at radius 3 is 2.33 bits per heavy atom. The Kier molecular flexibility index (Phi) is 4.27. The summed E-state index contributed by atoms with van der Waals surface area (Å²) >= 11 is 0. The molecule has 0 radical (unpaired) electrons. The van der Waals surface area contributed by atoms with Crippen molar-refractivity contribution >= 4 is 16.9 Å². The Morgan fingerprint density at radius 2 is 1.64 bits per heavy atom. The van der Waals surface area contributed by atoms with E-state index in [9.17, 15) is 13.2 Å². The zero-order chi connectivity index (χ0) is 22.9. The predicted molar refractivity (Wildman–Crippen MR) is 114 cm³/mol. The maximum absolute atomic E-state index is 13.6. The molecule has 170 valence electrons. The van der Waals surface area contributed by atoms with E-state index in [1.54, 1.807) is 13.0 Å². The van der Waals surface area contributed by atoms with Gasteiger partial charge in [-0.3, -0.25) is 0 Å². The van der Waals surface area contributed by atoms with Crippen LogP contribution in [0.5, 0.6) is 0 Å². The number of benzene rings is 1. The van der Waals surface area contributed by atoms with Crippen LogP contribution < -0.4 is 4.90 Å². The van der Waals surface area contributed by atoms with E-state index >= 15 is 0 Å². The molecule has 6 rings (SSSR count). The van der Waals surface area contributed by atoms with Gasteiger partial charge in [0.25, 0.3) is 0 Å². The largest absolute Gasteiger partial charge is 0.451 e. The summed E-state index contributed by atoms with van der Waals surface area (Å²) in [5, 5.41) is 4.32. The molecule has 1 saturated heterocycles. The van der Waals surface area contributed by atoms with Gasteiger partial charge in [0.2, 0.25) is 5.82 Å². The molecule has 8 nitrogen and oxygen atoms in total. The van der Waals surface area contributed by atoms with Crippen LogP contribution in [-0.4, -0.2) is 47.4 Å². The Hall–Kier alpha value is -3.50. The topological polar surface area (TPSA) is 77.5 Å². The van der Waals surface area contributed by atoms with E-state index in [0.717, 1.165) is 29.7 Å². The van der Waals surface area contributed by atoms with Gasteiger partial charge in [0.1, 0.15) is 23.3 Å². The summed E-state index contributed by atoms with van der Waals surface area (Å²) in [6.07, 6.45) is -2.76. The highest BCUT2D eigenvalue weighted by molar-refractivity contribution is 5.76. The third-order valence-electron chi connectivity index (χ3n) is 6.24. The van der Waals surface area contributed by atoms with Gasteiger partial charge >= 0.3 is 6.18 Å². The molecule has 0 N–H and O–H groups in total. The summed E-state index contributed by atoms with van der Waals surface area (Å²) in [5.41, 5.74) is 1.94. The molecule has 0 amide bonds. The summed E-state index contributed by atoms with van der Waals surface area (Å²) in [6, 6.07) is 9.43. The number of hydrogen-bond acceptors (Lipinski definition) is 6. The minimum atomic E-state index is -4.66. The summed E-state index contributed by atoms with van der Waals surface area (Å²) in [7, 11) is 1.96. The van der Waals surface area contributed by atoms with E-state index in [1.807, 2.05) is 40.8 Å². The zero-order valence-corrected chi connectivity index (χ0v) is 18.1. The van der Waals surface area contributed by atoms with Crippen LogP contribution in [-0.2, 0) is 13.2 Å². The van der Waals surface area contributed by atoms with Crippen LogP contribution in [0.1, 0.15) is 48.0 Å². The highest BCUT2D eigenvalue weighted by Gasteiger charge is 2.39. The molecule has 0 atom stereocenters. The first-order valence-electron chi connectivity index (χ1n) is 10.8. The highest BCUT2D eigenvalue weighted by atomic mass is 19.4. The van der Waals surface area contributed by atoms with Crippen molar-refractivity contribution in [2.75, 3.05) is 18.0 Å². The molecule has 2 aliphatic rings. The van der Waals surface area contributed by atoms with Gasteiger partial charge in [-0.25, -0.2) is 19.9 Å². The predicted octanol–water partition coefficient (Wildman–Crippen LogP) is 3.75. The molecule has 4 heterocycles. The van der Waals surface area contributed by atoms with Crippen LogP contribution >= 0.6 is 0 Å². The Bertz CT molecular complexity index is 1360. The van der Waals surface area contributed by atoms with Crippen molar-refractivity contribution in [1.29, 1.82) is 0 Å². The lowest BCUT2D eigenvalue weighted by molar-refractivity contribution is -0.144. The van der Waals surface area contributed by atoms with Crippen molar-refractivity contribution < 1.29 is 13.2 Å². The van der Waals surface area contributed by atoms with Crippen LogP contribution in [0.25, 0.3) is 16.9 Å². The van der Waals surface area contributed by atoms with E-state index in [1.165, 1.54) is 4.68 Å². The quantitative estimate of drug-likeness (QED) is 0.468. The third kappa shape index (κ3) is 3.42. The van der Waals surface area contributed by atoms with Crippen LogP contribution in [0.2, 0.25) is 0 Å². The first-order chi connectivity index (χ1) is 15.8. The Morgan fingerprint density at radius 1 is 0.909 bits per heavy atom. The molecule has 0 spiro atoms. The monoisotopic (exact) mass is 454 g/mol. The number of halogens is 3. The van der Waals surface area contributed by atoms with E-state index in [-0.39, 0.29) is 23.5 Å². The van der Waals surface area contributed by atoms with E-state index in [2.05, 4.69) is 20.1 Å². The van der Waals surface area contributed by atoms with E-state index < -0.39 is 12.0 Å². The standard InChI is InChI=1S/C22H21F3N8/c1-12-26-20(13-7-8-13)33(30-12)18-9-17(28-21(29-18)22(23,24)25)32-10-14(11-32)19-27-15-5-3-4-6-16(15)31(19)2/h3-6,9,13-14H,7-8,10-11H2,1-2H3. The fraction of sp³-hybridized carbons (Fsp3) is 0.409. The molecule has 33 heavy (non-hydrogen) atoms. The maximum atomic E-state index is 13.6. The summed E-state index contributed by atoms with van der Waals surface area (Å²) < 4.78 is 44.4. The molecule has 1 aliphatic heterocycles. The summed E-state index contributed by atoms with van der Waals surface area (Å²) in [6.45, 7) is 2.78. The smallest absolute Gasteiger partial charge is 0.355 e. The Balaban J connectivity index is 1.34. The van der Waals surface area contributed by atoms with Crippen molar-refractivity contribution in [3.8, 4) is 5.82 Å². The molecule has 0 bridgehead atoms. The lowest BCUT2D eigenvalue weighted by Crippen LogP contribution is -2.46. The van der Waals surface area contributed by atoms with E-state index in [0.29, 0.717) is 24.7 Å². The number of anilines is 1. The summed E-state index contributed by atoms with van der Waals surface area (Å²) in [5.74, 6) is 1.56. The number of para-hydroxylation sites is 2. The van der Waals surface area contributed by atoms with Crippen LogP contribution in [0.15, 0.2) is 30.3 Å². The Labute approximate surface area is 187 Å². The van der Waals surface area contributed by atoms with Crippen molar-refractivity contribution in [3.63, 3.8) is 0 Å². The number of hydrogen-bond donors (Lipinski definition) is 0. The van der Waals surface area contributed by atoms with Gasteiger partial charge in [-0.2, -0.15) is 17.9 Å². The molecule has 4 aromatic rings. The molecule has 1 saturated carbocycles. The second kappa shape index (κ2) is 7.00. The average Bonchev–Trinajstić information content (AvgIpc) is 3.44. The minimum absolute atomic E-state index is 0.0982. The number of aryl methyl sites for hydroxylation is 2. The van der Waals surface area contributed by atoms with Crippen molar-refractivity contribution in [3.05, 3.63) is 53.6 Å². The van der Waals surface area contributed by atoms with Gasteiger partial charge in [0, 0.05) is 32.1 Å². The molecule has 11 heteroatoms. The maximum Gasteiger partial charge on any atom is 0.451 e. The average molecular weight is 454 g/mol. The number of fused-ring (bicyclic) bond motifs is 1. The molecule has 1 aliphatic carbocycles. The molecule has 1 aromatic carbocycles. The van der Waals surface area contributed by atoms with E-state index in [4.69, 9.17) is 4.98 Å². The first-order valence-corrected chi connectivity index (χ1v) is 10.8. The second-order valence-corrected chi connectivity index (χ2v) is 8.73. The molecular formula is C22H21F3N8. The third-order valence-corrected chi connectivity index (χ3v) is 6.24. The zero-order valence-electron chi connectivity index (χ0n) is 18.1.